The summed E-state index contributed by atoms with van der Waals surface area (Å²) in [4.78, 5) is 5.26. The Morgan fingerprint density at radius 2 is 2.46 bits per heavy atom. The molecule has 4 nitrogen and oxygen atoms in total. The first-order chi connectivity index (χ1) is 6.34. The minimum Gasteiger partial charge on any atom is -0.367 e. The van der Waals surface area contributed by atoms with Gasteiger partial charge in [-0.05, 0) is 11.4 Å². The van der Waals surface area contributed by atoms with E-state index in [4.69, 9.17) is 5.73 Å². The van der Waals surface area contributed by atoms with E-state index in [1.165, 1.54) is 16.4 Å². The van der Waals surface area contributed by atoms with Crippen molar-refractivity contribution in [3.05, 3.63) is 22.4 Å². The molecule has 2 heterocycles. The van der Waals surface area contributed by atoms with Crippen molar-refractivity contribution in [3.8, 4) is 0 Å². The van der Waals surface area contributed by atoms with Gasteiger partial charge in [-0.25, -0.2) is 0 Å². The number of nitrogen functional groups attached to an aromatic ring is 1. The first-order valence-electron chi connectivity index (χ1n) is 3.70. The highest BCUT2D eigenvalue weighted by atomic mass is 32.1. The summed E-state index contributed by atoms with van der Waals surface area (Å²) in [6.07, 6.45) is 0. The molecular formula is C7H8N4S2. The van der Waals surface area contributed by atoms with Crippen LogP contribution in [0.5, 0.6) is 0 Å². The molecule has 0 aliphatic rings. The van der Waals surface area contributed by atoms with Crippen LogP contribution >= 0.6 is 22.9 Å². The van der Waals surface area contributed by atoms with E-state index >= 15 is 0 Å². The smallest absolute Gasteiger partial charge is 0.233 e. The molecule has 68 valence electrons. The minimum absolute atomic E-state index is 0.332. The zero-order valence-electron chi connectivity index (χ0n) is 6.73. The standard InChI is InChI=1S/C7H8N4S2/c8-6-10-7(13-11-6)9-4-5-2-1-3-12-5/h1-3H,4H2,(H3,8,9,10,11). The van der Waals surface area contributed by atoms with Crippen LogP contribution in [0.2, 0.25) is 0 Å². The Kier molecular flexibility index (Phi) is 2.42. The molecule has 0 spiro atoms. The third kappa shape index (κ3) is 2.16. The number of rotatable bonds is 3. The van der Waals surface area contributed by atoms with Crippen LogP contribution in [0.25, 0.3) is 0 Å². The molecule has 0 aromatic carbocycles. The van der Waals surface area contributed by atoms with E-state index in [0.29, 0.717) is 5.95 Å². The molecule has 0 saturated carbocycles. The normalized spacial score (nSPS) is 10.2. The predicted molar refractivity (Wildman–Crippen MR) is 56.0 cm³/mol. The van der Waals surface area contributed by atoms with Crippen LogP contribution in [-0.2, 0) is 6.54 Å². The number of hydrogen-bond acceptors (Lipinski definition) is 6. The Morgan fingerprint density at radius 3 is 3.08 bits per heavy atom. The highest BCUT2D eigenvalue weighted by Gasteiger charge is 1.99. The summed E-state index contributed by atoms with van der Waals surface area (Å²) in [5, 5.41) is 5.96. The minimum atomic E-state index is 0.332. The molecule has 0 aliphatic heterocycles. The third-order valence-electron chi connectivity index (χ3n) is 1.44. The van der Waals surface area contributed by atoms with Gasteiger partial charge in [-0.1, -0.05) is 6.07 Å². The van der Waals surface area contributed by atoms with Gasteiger partial charge in [-0.2, -0.15) is 9.36 Å². The van der Waals surface area contributed by atoms with Crippen molar-refractivity contribution in [1.82, 2.24) is 9.36 Å². The van der Waals surface area contributed by atoms with Crippen LogP contribution in [-0.4, -0.2) is 9.36 Å². The van der Waals surface area contributed by atoms with Crippen LogP contribution < -0.4 is 11.1 Å². The highest BCUT2D eigenvalue weighted by Crippen LogP contribution is 2.15. The van der Waals surface area contributed by atoms with E-state index in [1.807, 2.05) is 11.4 Å². The van der Waals surface area contributed by atoms with Crippen molar-refractivity contribution in [3.63, 3.8) is 0 Å². The molecule has 0 saturated heterocycles. The zero-order chi connectivity index (χ0) is 9.10. The number of anilines is 2. The summed E-state index contributed by atoms with van der Waals surface area (Å²) >= 11 is 2.99. The SMILES string of the molecule is Nc1nsc(NCc2cccs2)n1. The maximum Gasteiger partial charge on any atom is 0.233 e. The lowest BCUT2D eigenvalue weighted by Gasteiger charge is -1.96. The van der Waals surface area contributed by atoms with Gasteiger partial charge in [0.2, 0.25) is 11.1 Å². The van der Waals surface area contributed by atoms with Crippen LogP contribution in [0.3, 0.4) is 0 Å². The number of nitrogens with two attached hydrogens (primary N) is 1. The molecule has 13 heavy (non-hydrogen) atoms. The monoisotopic (exact) mass is 212 g/mol. The average Bonchev–Trinajstić information content (AvgIpc) is 2.71. The largest absolute Gasteiger partial charge is 0.367 e. The van der Waals surface area contributed by atoms with Crippen molar-refractivity contribution < 1.29 is 0 Å². The maximum atomic E-state index is 5.38. The Morgan fingerprint density at radius 1 is 1.54 bits per heavy atom. The third-order valence-corrected chi connectivity index (χ3v) is 3.00. The molecule has 0 bridgehead atoms. The van der Waals surface area contributed by atoms with Crippen molar-refractivity contribution in [2.75, 3.05) is 11.1 Å². The van der Waals surface area contributed by atoms with Crippen LogP contribution in [0, 0.1) is 0 Å². The zero-order valence-corrected chi connectivity index (χ0v) is 8.36. The Balaban J connectivity index is 1.93. The van der Waals surface area contributed by atoms with Crippen molar-refractivity contribution >= 4 is 33.9 Å². The van der Waals surface area contributed by atoms with Gasteiger partial charge in [0.1, 0.15) is 0 Å². The quantitative estimate of drug-likeness (QED) is 0.814. The molecule has 2 rings (SSSR count). The molecule has 0 unspecified atom stereocenters. The number of aromatic nitrogens is 2. The van der Waals surface area contributed by atoms with Crippen molar-refractivity contribution in [2.24, 2.45) is 0 Å². The van der Waals surface area contributed by atoms with Crippen LogP contribution in [0.4, 0.5) is 11.1 Å². The predicted octanol–water partition coefficient (Wildman–Crippen LogP) is 1.79. The molecule has 0 amide bonds. The van der Waals surface area contributed by atoms with Gasteiger partial charge >= 0.3 is 0 Å². The molecule has 0 aliphatic carbocycles. The second-order valence-corrected chi connectivity index (χ2v) is 4.17. The summed E-state index contributed by atoms with van der Waals surface area (Å²) in [7, 11) is 0. The first kappa shape index (κ1) is 8.46. The fourth-order valence-electron chi connectivity index (χ4n) is 0.883. The fourth-order valence-corrected chi connectivity index (χ4v) is 2.02. The van der Waals surface area contributed by atoms with Gasteiger partial charge in [0.15, 0.2) is 0 Å². The number of thiophene rings is 1. The van der Waals surface area contributed by atoms with Gasteiger partial charge < -0.3 is 11.1 Å². The lowest BCUT2D eigenvalue weighted by Crippen LogP contribution is -1.96. The van der Waals surface area contributed by atoms with E-state index in [9.17, 15) is 0 Å². The second kappa shape index (κ2) is 3.71. The number of nitrogens with zero attached hydrogens (tertiary/aromatic N) is 2. The summed E-state index contributed by atoms with van der Waals surface area (Å²) in [5.74, 6) is 0.332. The topological polar surface area (TPSA) is 63.8 Å². The van der Waals surface area contributed by atoms with E-state index in [1.54, 1.807) is 11.3 Å². The molecule has 2 aromatic rings. The molecule has 0 fully saturated rings. The average molecular weight is 212 g/mol. The van der Waals surface area contributed by atoms with E-state index in [2.05, 4.69) is 20.7 Å². The molecule has 3 N–H and O–H groups in total. The number of hydrogen-bond donors (Lipinski definition) is 2. The summed E-state index contributed by atoms with van der Waals surface area (Å²) in [6.45, 7) is 0.784. The first-order valence-corrected chi connectivity index (χ1v) is 5.35. The van der Waals surface area contributed by atoms with Crippen LogP contribution in [0.15, 0.2) is 17.5 Å². The summed E-state index contributed by atoms with van der Waals surface area (Å²) < 4.78 is 3.87. The maximum absolute atomic E-state index is 5.38. The lowest BCUT2D eigenvalue weighted by atomic mass is 10.5. The van der Waals surface area contributed by atoms with Gasteiger partial charge in [0.25, 0.3) is 0 Å². The fraction of sp³-hybridized carbons (Fsp3) is 0.143. The molecule has 2 aromatic heterocycles. The van der Waals surface area contributed by atoms with Gasteiger partial charge in [0.05, 0.1) is 6.54 Å². The Bertz CT molecular complexity index is 368. The molecule has 6 heteroatoms. The van der Waals surface area contributed by atoms with Gasteiger partial charge in [-0.3, -0.25) is 0 Å². The van der Waals surface area contributed by atoms with Gasteiger partial charge in [0, 0.05) is 16.4 Å². The van der Waals surface area contributed by atoms with E-state index in [-0.39, 0.29) is 0 Å². The highest BCUT2D eigenvalue weighted by molar-refractivity contribution is 7.10. The Labute approximate surface area is 83.6 Å². The van der Waals surface area contributed by atoms with E-state index in [0.717, 1.165) is 11.7 Å². The summed E-state index contributed by atoms with van der Waals surface area (Å²) in [5.41, 5.74) is 5.38. The van der Waals surface area contributed by atoms with Crippen molar-refractivity contribution in [2.45, 2.75) is 6.54 Å². The molecule has 0 radical (unpaired) electrons. The van der Waals surface area contributed by atoms with Gasteiger partial charge in [-0.15, -0.1) is 11.3 Å². The molecular weight excluding hydrogens is 204 g/mol. The molecule has 0 atom stereocenters. The van der Waals surface area contributed by atoms with E-state index < -0.39 is 0 Å². The number of nitrogens with one attached hydrogen (secondary N) is 1. The lowest BCUT2D eigenvalue weighted by molar-refractivity contribution is 1.17. The summed E-state index contributed by atoms with van der Waals surface area (Å²) in [6, 6.07) is 4.10. The Hall–Kier alpha value is -1.14. The van der Waals surface area contributed by atoms with Crippen LogP contribution in [0.1, 0.15) is 4.88 Å². The van der Waals surface area contributed by atoms with Crippen molar-refractivity contribution in [1.29, 1.82) is 0 Å². The second-order valence-electron chi connectivity index (χ2n) is 2.39.